The van der Waals surface area contributed by atoms with Crippen molar-refractivity contribution in [3.8, 4) is 0 Å². The van der Waals surface area contributed by atoms with Gasteiger partial charge in [0, 0.05) is 12.4 Å². The number of hydrogen-bond donors (Lipinski definition) is 0. The van der Waals surface area contributed by atoms with Crippen molar-refractivity contribution in [1.82, 2.24) is 0 Å². The average Bonchev–Trinajstić information content (AvgIpc) is 2.32. The fourth-order valence-electron chi connectivity index (χ4n) is 1.69. The fourth-order valence-corrected chi connectivity index (χ4v) is 2.39. The van der Waals surface area contributed by atoms with Gasteiger partial charge in [-0.1, -0.05) is 28.1 Å². The Morgan fingerprint density at radius 2 is 1.88 bits per heavy atom. The first-order valence-corrected chi connectivity index (χ1v) is 6.97. The van der Waals surface area contributed by atoms with Crippen LogP contribution in [0.15, 0.2) is 24.3 Å². The van der Waals surface area contributed by atoms with E-state index >= 15 is 0 Å². The summed E-state index contributed by atoms with van der Waals surface area (Å²) in [5.74, 6) is 0.226. The van der Waals surface area contributed by atoms with Gasteiger partial charge in [-0.15, -0.1) is 0 Å². The second kappa shape index (κ2) is 6.50. The molecule has 0 aliphatic rings. The number of ether oxygens (including phenoxy) is 1. The van der Waals surface area contributed by atoms with E-state index in [1.165, 1.54) is 17.7 Å². The smallest absolute Gasteiger partial charge is 0.123 e. The SMILES string of the molecule is COC(C)(C)CCC(CBr)c1ccc(F)cc1. The van der Waals surface area contributed by atoms with Crippen LogP contribution >= 0.6 is 15.9 Å². The second-order valence-electron chi connectivity index (χ2n) is 4.91. The summed E-state index contributed by atoms with van der Waals surface area (Å²) in [6.07, 6.45) is 2.01. The lowest BCUT2D eigenvalue weighted by Crippen LogP contribution is -2.23. The molecule has 0 spiro atoms. The first kappa shape index (κ1) is 14.7. The Balaban J connectivity index is 2.63. The lowest BCUT2D eigenvalue weighted by molar-refractivity contribution is 0.0128. The molecule has 1 nitrogen and oxygen atoms in total. The zero-order valence-corrected chi connectivity index (χ0v) is 12.3. The summed E-state index contributed by atoms with van der Waals surface area (Å²) in [7, 11) is 1.74. The van der Waals surface area contributed by atoms with Gasteiger partial charge < -0.3 is 4.74 Å². The number of halogens is 2. The summed E-state index contributed by atoms with van der Waals surface area (Å²) >= 11 is 3.53. The molecule has 0 amide bonds. The van der Waals surface area contributed by atoms with Crippen LogP contribution in [0.4, 0.5) is 4.39 Å². The number of rotatable bonds is 6. The van der Waals surface area contributed by atoms with Gasteiger partial charge in [-0.05, 0) is 50.3 Å². The van der Waals surface area contributed by atoms with Crippen LogP contribution in [0.2, 0.25) is 0 Å². The van der Waals surface area contributed by atoms with Gasteiger partial charge in [-0.2, -0.15) is 0 Å². The molecule has 0 aliphatic carbocycles. The molecule has 0 heterocycles. The van der Waals surface area contributed by atoms with Crippen LogP contribution < -0.4 is 0 Å². The van der Waals surface area contributed by atoms with Gasteiger partial charge >= 0.3 is 0 Å². The van der Waals surface area contributed by atoms with E-state index in [2.05, 4.69) is 29.8 Å². The third-order valence-electron chi connectivity index (χ3n) is 3.18. The predicted molar refractivity (Wildman–Crippen MR) is 73.3 cm³/mol. The lowest BCUT2D eigenvalue weighted by atomic mass is 9.91. The van der Waals surface area contributed by atoms with E-state index in [-0.39, 0.29) is 11.4 Å². The van der Waals surface area contributed by atoms with Crippen molar-refractivity contribution in [2.45, 2.75) is 38.2 Å². The maximum absolute atomic E-state index is 12.9. The number of benzene rings is 1. The van der Waals surface area contributed by atoms with Crippen molar-refractivity contribution in [1.29, 1.82) is 0 Å². The molecule has 1 aromatic rings. The van der Waals surface area contributed by atoms with Gasteiger partial charge in [0.2, 0.25) is 0 Å². The van der Waals surface area contributed by atoms with Gasteiger partial charge in [-0.25, -0.2) is 4.39 Å². The molecule has 1 aromatic carbocycles. The van der Waals surface area contributed by atoms with E-state index in [0.29, 0.717) is 5.92 Å². The van der Waals surface area contributed by atoms with Crippen LogP contribution in [0.1, 0.15) is 38.2 Å². The molecule has 0 bridgehead atoms. The lowest BCUT2D eigenvalue weighted by Gasteiger charge is -2.25. The largest absolute Gasteiger partial charge is 0.379 e. The van der Waals surface area contributed by atoms with E-state index in [9.17, 15) is 4.39 Å². The van der Waals surface area contributed by atoms with Crippen LogP contribution in [-0.4, -0.2) is 18.0 Å². The van der Waals surface area contributed by atoms with Crippen LogP contribution in [-0.2, 0) is 4.74 Å². The molecule has 0 aliphatic heterocycles. The molecular weight excluding hydrogens is 283 g/mol. The minimum absolute atomic E-state index is 0.0968. The Bertz CT molecular complexity index is 335. The summed E-state index contributed by atoms with van der Waals surface area (Å²) in [6.45, 7) is 4.17. The van der Waals surface area contributed by atoms with E-state index in [4.69, 9.17) is 4.74 Å². The highest BCUT2D eigenvalue weighted by Crippen LogP contribution is 2.27. The molecule has 17 heavy (non-hydrogen) atoms. The fraction of sp³-hybridized carbons (Fsp3) is 0.571. The summed E-state index contributed by atoms with van der Waals surface area (Å²) in [6, 6.07) is 6.76. The third kappa shape index (κ3) is 4.76. The Labute approximate surface area is 111 Å². The molecule has 0 saturated carbocycles. The Kier molecular flexibility index (Phi) is 5.60. The highest BCUT2D eigenvalue weighted by atomic mass is 79.9. The molecule has 0 saturated heterocycles. The van der Waals surface area contributed by atoms with E-state index in [1.54, 1.807) is 7.11 Å². The predicted octanol–water partition coefficient (Wildman–Crippen LogP) is 4.51. The number of methoxy groups -OCH3 is 1. The van der Waals surface area contributed by atoms with Crippen LogP contribution in [0, 0.1) is 5.82 Å². The second-order valence-corrected chi connectivity index (χ2v) is 5.55. The number of hydrogen-bond acceptors (Lipinski definition) is 1. The van der Waals surface area contributed by atoms with Gasteiger partial charge in [0.05, 0.1) is 5.60 Å². The molecule has 1 atom stereocenters. The minimum atomic E-state index is -0.181. The first-order valence-electron chi connectivity index (χ1n) is 5.85. The molecule has 96 valence electrons. The van der Waals surface area contributed by atoms with Crippen molar-refractivity contribution in [2.24, 2.45) is 0 Å². The van der Waals surface area contributed by atoms with Crippen LogP contribution in [0.25, 0.3) is 0 Å². The van der Waals surface area contributed by atoms with Gasteiger partial charge in [0.25, 0.3) is 0 Å². The monoisotopic (exact) mass is 302 g/mol. The van der Waals surface area contributed by atoms with E-state index < -0.39 is 0 Å². The highest BCUT2D eigenvalue weighted by Gasteiger charge is 2.19. The Hall–Kier alpha value is -0.410. The van der Waals surface area contributed by atoms with Crippen molar-refractivity contribution < 1.29 is 9.13 Å². The summed E-state index contributed by atoms with van der Waals surface area (Å²) < 4.78 is 18.3. The zero-order chi connectivity index (χ0) is 12.9. The maximum atomic E-state index is 12.9. The summed E-state index contributed by atoms with van der Waals surface area (Å²) in [5, 5.41) is 0.887. The number of alkyl halides is 1. The molecule has 0 fully saturated rings. The Morgan fingerprint density at radius 3 is 2.35 bits per heavy atom. The molecule has 1 rings (SSSR count). The Morgan fingerprint density at radius 1 is 1.29 bits per heavy atom. The van der Waals surface area contributed by atoms with Gasteiger partial charge in [0.15, 0.2) is 0 Å². The molecule has 0 aromatic heterocycles. The van der Waals surface area contributed by atoms with Crippen molar-refractivity contribution in [2.75, 3.05) is 12.4 Å². The third-order valence-corrected chi connectivity index (χ3v) is 3.96. The molecule has 0 N–H and O–H groups in total. The molecule has 1 unspecified atom stereocenters. The topological polar surface area (TPSA) is 9.23 Å². The summed E-state index contributed by atoms with van der Waals surface area (Å²) in [4.78, 5) is 0. The normalized spacial score (nSPS) is 13.7. The van der Waals surface area contributed by atoms with E-state index in [0.717, 1.165) is 18.2 Å². The zero-order valence-electron chi connectivity index (χ0n) is 10.7. The maximum Gasteiger partial charge on any atom is 0.123 e. The first-order chi connectivity index (χ1) is 7.98. The standard InChI is InChI=1S/C14H20BrFO/c1-14(2,17-3)9-8-12(10-15)11-4-6-13(16)7-5-11/h4-7,12H,8-10H2,1-3H3. The molecule has 0 radical (unpaired) electrons. The van der Waals surface area contributed by atoms with Crippen LogP contribution in [0.5, 0.6) is 0 Å². The molecular formula is C14H20BrFO. The van der Waals surface area contributed by atoms with E-state index in [1.807, 2.05) is 12.1 Å². The molecule has 3 heteroatoms. The average molecular weight is 303 g/mol. The van der Waals surface area contributed by atoms with Crippen molar-refractivity contribution in [3.05, 3.63) is 35.6 Å². The van der Waals surface area contributed by atoms with Gasteiger partial charge in [-0.3, -0.25) is 0 Å². The minimum Gasteiger partial charge on any atom is -0.379 e. The highest BCUT2D eigenvalue weighted by molar-refractivity contribution is 9.09. The van der Waals surface area contributed by atoms with Crippen molar-refractivity contribution >= 4 is 15.9 Å². The van der Waals surface area contributed by atoms with Gasteiger partial charge in [0.1, 0.15) is 5.82 Å². The quantitative estimate of drug-likeness (QED) is 0.703. The van der Waals surface area contributed by atoms with Crippen molar-refractivity contribution in [3.63, 3.8) is 0 Å². The summed E-state index contributed by atoms with van der Waals surface area (Å²) in [5.41, 5.74) is 1.08. The van der Waals surface area contributed by atoms with Crippen LogP contribution in [0.3, 0.4) is 0 Å².